The Labute approximate surface area is 95.5 Å². The van der Waals surface area contributed by atoms with Crippen molar-refractivity contribution in [2.45, 2.75) is 33.0 Å². The first-order valence-electron chi connectivity index (χ1n) is 5.61. The number of nitrogens with zero attached hydrogens (tertiary/aromatic N) is 1. The zero-order valence-corrected chi connectivity index (χ0v) is 9.77. The topological polar surface area (TPSA) is 51.2 Å². The van der Waals surface area contributed by atoms with Crippen molar-refractivity contribution in [1.29, 1.82) is 0 Å². The van der Waals surface area contributed by atoms with E-state index in [1.165, 1.54) is 0 Å². The smallest absolute Gasteiger partial charge is 0.0702 e. The maximum atomic E-state index is 9.35. The minimum absolute atomic E-state index is 0.0737. The number of hydrogen-bond donors (Lipinski definition) is 2. The van der Waals surface area contributed by atoms with E-state index in [2.05, 4.69) is 18.4 Å². The van der Waals surface area contributed by atoms with Gasteiger partial charge in [-0.15, -0.1) is 0 Å². The molecule has 0 atom stereocenters. The highest BCUT2D eigenvalue weighted by Gasteiger charge is 2.12. The van der Waals surface area contributed by atoms with Gasteiger partial charge in [0.15, 0.2) is 0 Å². The molecular formula is C13H18N2O. The van der Waals surface area contributed by atoms with Crippen molar-refractivity contribution in [3.8, 4) is 0 Å². The summed E-state index contributed by atoms with van der Waals surface area (Å²) in [5.41, 5.74) is 9.02. The average Bonchev–Trinajstić information content (AvgIpc) is 2.67. The summed E-state index contributed by atoms with van der Waals surface area (Å²) in [4.78, 5) is 0. The molecule has 2 rings (SSSR count). The van der Waals surface area contributed by atoms with Crippen molar-refractivity contribution in [2.24, 2.45) is 5.73 Å². The second-order valence-electron chi connectivity index (χ2n) is 4.33. The van der Waals surface area contributed by atoms with Gasteiger partial charge >= 0.3 is 0 Å². The van der Waals surface area contributed by atoms with Crippen molar-refractivity contribution in [2.75, 3.05) is 0 Å². The van der Waals surface area contributed by atoms with Crippen LogP contribution in [-0.2, 0) is 13.2 Å². The van der Waals surface area contributed by atoms with Gasteiger partial charge in [0, 0.05) is 29.7 Å². The summed E-state index contributed by atoms with van der Waals surface area (Å²) in [5, 5.41) is 10.5. The number of hydrogen-bond acceptors (Lipinski definition) is 2. The van der Waals surface area contributed by atoms with Gasteiger partial charge in [-0.05, 0) is 19.4 Å². The van der Waals surface area contributed by atoms with Gasteiger partial charge in [0.25, 0.3) is 0 Å². The lowest BCUT2D eigenvalue weighted by atomic mass is 10.1. The van der Waals surface area contributed by atoms with Crippen molar-refractivity contribution < 1.29 is 5.11 Å². The molecule has 1 aromatic heterocycles. The fraction of sp³-hybridized carbons (Fsp3) is 0.385. The van der Waals surface area contributed by atoms with Crippen LogP contribution in [0.1, 0.15) is 31.0 Å². The van der Waals surface area contributed by atoms with Crippen molar-refractivity contribution in [3.05, 3.63) is 35.5 Å². The Bertz CT molecular complexity index is 500. The first-order chi connectivity index (χ1) is 7.69. The second-order valence-corrected chi connectivity index (χ2v) is 4.33. The van der Waals surface area contributed by atoms with Crippen molar-refractivity contribution in [1.82, 2.24) is 4.57 Å². The lowest BCUT2D eigenvalue weighted by molar-refractivity contribution is 0.283. The third kappa shape index (κ3) is 1.62. The predicted octanol–water partition coefficient (Wildman–Crippen LogP) is 2.17. The van der Waals surface area contributed by atoms with E-state index in [9.17, 15) is 5.11 Å². The molecule has 0 saturated carbocycles. The van der Waals surface area contributed by atoms with E-state index in [0.29, 0.717) is 12.6 Å². The molecule has 86 valence electrons. The lowest BCUT2D eigenvalue weighted by Gasteiger charge is -2.11. The van der Waals surface area contributed by atoms with Crippen LogP contribution in [0.25, 0.3) is 10.9 Å². The second kappa shape index (κ2) is 4.28. The molecule has 1 aromatic carbocycles. The van der Waals surface area contributed by atoms with Crippen LogP contribution in [0.2, 0.25) is 0 Å². The van der Waals surface area contributed by atoms with Crippen molar-refractivity contribution >= 4 is 10.9 Å². The Morgan fingerprint density at radius 3 is 2.62 bits per heavy atom. The molecule has 16 heavy (non-hydrogen) atoms. The highest BCUT2D eigenvalue weighted by molar-refractivity contribution is 5.87. The van der Waals surface area contributed by atoms with Crippen LogP contribution in [0.5, 0.6) is 0 Å². The van der Waals surface area contributed by atoms with Crippen molar-refractivity contribution in [3.63, 3.8) is 0 Å². The number of benzene rings is 1. The van der Waals surface area contributed by atoms with E-state index >= 15 is 0 Å². The monoisotopic (exact) mass is 218 g/mol. The quantitative estimate of drug-likeness (QED) is 0.829. The van der Waals surface area contributed by atoms with E-state index < -0.39 is 0 Å². The molecule has 1 heterocycles. The zero-order valence-electron chi connectivity index (χ0n) is 9.77. The van der Waals surface area contributed by atoms with Crippen LogP contribution in [0.15, 0.2) is 24.4 Å². The normalized spacial score (nSPS) is 11.6. The Hall–Kier alpha value is -1.32. The molecule has 2 aromatic rings. The molecule has 0 saturated heterocycles. The van der Waals surface area contributed by atoms with Crippen LogP contribution < -0.4 is 5.73 Å². The van der Waals surface area contributed by atoms with E-state index in [1.807, 2.05) is 24.4 Å². The molecule has 0 fully saturated rings. The Kier molecular flexibility index (Phi) is 2.99. The number of fused-ring (bicyclic) bond motifs is 1. The number of nitrogens with two attached hydrogens (primary N) is 1. The van der Waals surface area contributed by atoms with Crippen LogP contribution >= 0.6 is 0 Å². The van der Waals surface area contributed by atoms with Gasteiger partial charge in [0.05, 0.1) is 12.1 Å². The number of para-hydroxylation sites is 1. The first kappa shape index (κ1) is 11.2. The fourth-order valence-corrected chi connectivity index (χ4v) is 2.16. The van der Waals surface area contributed by atoms with E-state index in [4.69, 9.17) is 5.73 Å². The molecule has 3 nitrogen and oxygen atoms in total. The summed E-state index contributed by atoms with van der Waals surface area (Å²) >= 11 is 0. The minimum atomic E-state index is 0.0737. The molecule has 0 bridgehead atoms. The minimum Gasteiger partial charge on any atom is -0.392 e. The molecule has 0 aliphatic carbocycles. The Morgan fingerprint density at radius 2 is 2.06 bits per heavy atom. The third-order valence-corrected chi connectivity index (χ3v) is 2.97. The van der Waals surface area contributed by atoms with Gasteiger partial charge in [-0.3, -0.25) is 0 Å². The van der Waals surface area contributed by atoms with E-state index in [-0.39, 0.29) is 6.61 Å². The van der Waals surface area contributed by atoms with Crippen LogP contribution in [-0.4, -0.2) is 9.67 Å². The molecule has 0 aliphatic heterocycles. The largest absolute Gasteiger partial charge is 0.392 e. The molecule has 0 aliphatic rings. The van der Waals surface area contributed by atoms with Gasteiger partial charge in [-0.25, -0.2) is 0 Å². The molecule has 0 amide bonds. The van der Waals surface area contributed by atoms with Gasteiger partial charge < -0.3 is 15.4 Å². The number of aliphatic hydroxyl groups excluding tert-OH is 1. The maximum Gasteiger partial charge on any atom is 0.0702 e. The zero-order chi connectivity index (χ0) is 11.7. The van der Waals surface area contributed by atoms with Gasteiger partial charge in [0.2, 0.25) is 0 Å². The number of aromatic nitrogens is 1. The number of rotatable bonds is 3. The Morgan fingerprint density at radius 1 is 1.31 bits per heavy atom. The molecule has 0 unspecified atom stereocenters. The van der Waals surface area contributed by atoms with E-state index in [1.54, 1.807) is 0 Å². The maximum absolute atomic E-state index is 9.35. The third-order valence-electron chi connectivity index (χ3n) is 2.97. The summed E-state index contributed by atoms with van der Waals surface area (Å²) in [5.74, 6) is 0. The molecule has 3 N–H and O–H groups in total. The SMILES string of the molecule is CC(C)n1cc(CO)c2cccc(CN)c21. The molecule has 0 radical (unpaired) electrons. The summed E-state index contributed by atoms with van der Waals surface area (Å²) in [7, 11) is 0. The van der Waals surface area contributed by atoms with E-state index in [0.717, 1.165) is 22.0 Å². The molecule has 3 heteroatoms. The summed E-state index contributed by atoms with van der Waals surface area (Å²) in [6.45, 7) is 4.87. The van der Waals surface area contributed by atoms with Crippen LogP contribution in [0.4, 0.5) is 0 Å². The summed E-state index contributed by atoms with van der Waals surface area (Å²) < 4.78 is 2.18. The summed E-state index contributed by atoms with van der Waals surface area (Å²) in [6, 6.07) is 6.45. The standard InChI is InChI=1S/C13H18N2O/c1-9(2)15-7-11(8-16)12-5-3-4-10(6-14)13(12)15/h3-5,7,9,16H,6,8,14H2,1-2H3. The molecular weight excluding hydrogens is 200 g/mol. The Balaban J connectivity index is 2.80. The predicted molar refractivity (Wildman–Crippen MR) is 66.1 cm³/mol. The molecule has 0 spiro atoms. The van der Waals surface area contributed by atoms with Crippen LogP contribution in [0, 0.1) is 0 Å². The highest BCUT2D eigenvalue weighted by atomic mass is 16.3. The fourth-order valence-electron chi connectivity index (χ4n) is 2.16. The number of aliphatic hydroxyl groups is 1. The summed E-state index contributed by atoms with van der Waals surface area (Å²) in [6.07, 6.45) is 2.02. The van der Waals surface area contributed by atoms with Gasteiger partial charge in [0.1, 0.15) is 0 Å². The van der Waals surface area contributed by atoms with Crippen LogP contribution in [0.3, 0.4) is 0 Å². The van der Waals surface area contributed by atoms with Gasteiger partial charge in [-0.2, -0.15) is 0 Å². The average molecular weight is 218 g/mol. The lowest BCUT2D eigenvalue weighted by Crippen LogP contribution is -2.03. The highest BCUT2D eigenvalue weighted by Crippen LogP contribution is 2.27. The first-order valence-corrected chi connectivity index (χ1v) is 5.61. The van der Waals surface area contributed by atoms with Gasteiger partial charge in [-0.1, -0.05) is 18.2 Å².